The Labute approximate surface area is 153 Å². The van der Waals surface area contributed by atoms with Crippen molar-refractivity contribution in [2.75, 3.05) is 43.1 Å². The molecule has 0 amide bonds. The van der Waals surface area contributed by atoms with Crippen molar-refractivity contribution in [2.24, 2.45) is 4.99 Å². The molecule has 0 radical (unpaired) electrons. The second-order valence-corrected chi connectivity index (χ2v) is 7.09. The minimum Gasteiger partial charge on any atom is -0.365 e. The summed E-state index contributed by atoms with van der Waals surface area (Å²) < 4.78 is 27.9. The Bertz CT molecular complexity index is 548. The molecular formula is C18H28F2N4S. The summed E-state index contributed by atoms with van der Waals surface area (Å²) in [5, 5.41) is 6.64. The van der Waals surface area contributed by atoms with E-state index in [0.29, 0.717) is 13.1 Å². The maximum absolute atomic E-state index is 13.9. The van der Waals surface area contributed by atoms with Crippen molar-refractivity contribution in [3.05, 3.63) is 29.8 Å². The zero-order valence-electron chi connectivity index (χ0n) is 15.0. The second kappa shape index (κ2) is 10.5. The first-order valence-corrected chi connectivity index (χ1v) is 10.3. The standard InChI is InChI=1S/C18H28F2N4S/c1-3-21-18(22-10-4-5-12-25-2)23-14-9-11-24(13-14)17-15(19)7-6-8-16(17)20/h6-8,14H,3-5,9-13H2,1-2H3,(H2,21,22,23). The van der Waals surface area contributed by atoms with E-state index in [2.05, 4.69) is 21.9 Å². The van der Waals surface area contributed by atoms with Crippen LogP contribution in [0.1, 0.15) is 26.2 Å². The number of nitrogens with zero attached hydrogens (tertiary/aromatic N) is 2. The maximum atomic E-state index is 13.9. The fraction of sp³-hybridized carbons (Fsp3) is 0.611. The predicted octanol–water partition coefficient (Wildman–Crippen LogP) is 3.24. The highest BCUT2D eigenvalue weighted by Crippen LogP contribution is 2.26. The van der Waals surface area contributed by atoms with E-state index in [4.69, 9.17) is 0 Å². The van der Waals surface area contributed by atoms with Gasteiger partial charge in [-0.3, -0.25) is 4.99 Å². The Morgan fingerprint density at radius 1 is 1.32 bits per heavy atom. The molecule has 1 aliphatic heterocycles. The third kappa shape index (κ3) is 6.06. The van der Waals surface area contributed by atoms with Gasteiger partial charge >= 0.3 is 0 Å². The highest BCUT2D eigenvalue weighted by Gasteiger charge is 2.27. The summed E-state index contributed by atoms with van der Waals surface area (Å²) in [5.74, 6) is 0.934. The molecule has 0 aliphatic carbocycles. The third-order valence-corrected chi connectivity index (χ3v) is 4.85. The molecule has 140 valence electrons. The number of hydrogen-bond acceptors (Lipinski definition) is 3. The molecule has 1 heterocycles. The van der Waals surface area contributed by atoms with Crippen LogP contribution in [0.15, 0.2) is 23.2 Å². The average molecular weight is 371 g/mol. The van der Waals surface area contributed by atoms with Gasteiger partial charge in [0.2, 0.25) is 0 Å². The Balaban J connectivity index is 1.90. The molecule has 1 aromatic rings. The molecule has 0 saturated carbocycles. The Morgan fingerprint density at radius 2 is 2.08 bits per heavy atom. The summed E-state index contributed by atoms with van der Waals surface area (Å²) in [6.07, 6.45) is 5.16. The molecule has 0 aromatic heterocycles. The van der Waals surface area contributed by atoms with Gasteiger partial charge in [-0.25, -0.2) is 8.78 Å². The Kier molecular flexibility index (Phi) is 8.31. The highest BCUT2D eigenvalue weighted by atomic mass is 32.2. The zero-order valence-corrected chi connectivity index (χ0v) is 15.8. The van der Waals surface area contributed by atoms with E-state index >= 15 is 0 Å². The smallest absolute Gasteiger partial charge is 0.191 e. The number of benzene rings is 1. The zero-order chi connectivity index (χ0) is 18.1. The number of guanidine groups is 1. The van der Waals surface area contributed by atoms with E-state index in [1.165, 1.54) is 18.2 Å². The number of rotatable bonds is 8. The molecule has 1 atom stereocenters. The van der Waals surface area contributed by atoms with Crippen molar-refractivity contribution < 1.29 is 8.78 Å². The van der Waals surface area contributed by atoms with E-state index in [-0.39, 0.29) is 11.7 Å². The van der Waals surface area contributed by atoms with Crippen LogP contribution in [0.4, 0.5) is 14.5 Å². The number of aliphatic imine (C=N–C) groups is 1. The lowest BCUT2D eigenvalue weighted by Crippen LogP contribution is -2.44. The molecule has 25 heavy (non-hydrogen) atoms. The van der Waals surface area contributed by atoms with Gasteiger partial charge in [0.05, 0.1) is 0 Å². The van der Waals surface area contributed by atoms with E-state index < -0.39 is 11.6 Å². The van der Waals surface area contributed by atoms with Crippen LogP contribution >= 0.6 is 11.8 Å². The van der Waals surface area contributed by atoms with Crippen LogP contribution < -0.4 is 15.5 Å². The van der Waals surface area contributed by atoms with Crippen molar-refractivity contribution in [1.82, 2.24) is 10.6 Å². The first-order valence-electron chi connectivity index (χ1n) is 8.88. The van der Waals surface area contributed by atoms with Gasteiger partial charge < -0.3 is 15.5 Å². The quantitative estimate of drug-likeness (QED) is 0.419. The van der Waals surface area contributed by atoms with Gasteiger partial charge in [0.25, 0.3) is 0 Å². The summed E-state index contributed by atoms with van der Waals surface area (Å²) >= 11 is 1.85. The van der Waals surface area contributed by atoms with Gasteiger partial charge in [0.1, 0.15) is 17.3 Å². The molecule has 7 heteroatoms. The average Bonchev–Trinajstić information content (AvgIpc) is 3.02. The summed E-state index contributed by atoms with van der Waals surface area (Å²) in [6, 6.07) is 4.13. The van der Waals surface area contributed by atoms with Gasteiger partial charge in [-0.2, -0.15) is 11.8 Å². The molecule has 1 aromatic carbocycles. The number of unbranched alkanes of at least 4 members (excludes halogenated alkanes) is 1. The normalized spacial score (nSPS) is 17.8. The monoisotopic (exact) mass is 370 g/mol. The van der Waals surface area contributed by atoms with Gasteiger partial charge in [0.15, 0.2) is 5.96 Å². The lowest BCUT2D eigenvalue weighted by Gasteiger charge is -2.21. The van der Waals surface area contributed by atoms with Crippen molar-refractivity contribution in [3.63, 3.8) is 0 Å². The highest BCUT2D eigenvalue weighted by molar-refractivity contribution is 7.98. The summed E-state index contributed by atoms with van der Waals surface area (Å²) in [6.45, 7) is 4.79. The molecule has 0 bridgehead atoms. The number of nitrogens with one attached hydrogen (secondary N) is 2. The van der Waals surface area contributed by atoms with E-state index in [1.54, 1.807) is 4.90 Å². The van der Waals surface area contributed by atoms with Crippen LogP contribution in [0.3, 0.4) is 0 Å². The Hall–Kier alpha value is -1.50. The van der Waals surface area contributed by atoms with Crippen molar-refractivity contribution in [2.45, 2.75) is 32.2 Å². The lowest BCUT2D eigenvalue weighted by molar-refractivity contribution is 0.576. The molecule has 1 fully saturated rings. The molecule has 1 saturated heterocycles. The lowest BCUT2D eigenvalue weighted by atomic mass is 10.2. The summed E-state index contributed by atoms with van der Waals surface area (Å²) in [4.78, 5) is 6.37. The molecule has 0 spiro atoms. The Morgan fingerprint density at radius 3 is 2.76 bits per heavy atom. The van der Waals surface area contributed by atoms with E-state index in [0.717, 1.165) is 44.1 Å². The van der Waals surface area contributed by atoms with E-state index in [1.807, 2.05) is 18.7 Å². The summed E-state index contributed by atoms with van der Waals surface area (Å²) in [5.41, 5.74) is 0.0748. The van der Waals surface area contributed by atoms with Crippen LogP contribution in [0.25, 0.3) is 0 Å². The van der Waals surface area contributed by atoms with Crippen LogP contribution in [0, 0.1) is 11.6 Å². The molecule has 4 nitrogen and oxygen atoms in total. The molecular weight excluding hydrogens is 342 g/mol. The number of thioether (sulfide) groups is 1. The van der Waals surface area contributed by atoms with Crippen LogP contribution in [0.2, 0.25) is 0 Å². The topological polar surface area (TPSA) is 39.7 Å². The van der Waals surface area contributed by atoms with Crippen LogP contribution in [-0.4, -0.2) is 50.2 Å². The maximum Gasteiger partial charge on any atom is 0.191 e. The molecule has 1 unspecified atom stereocenters. The number of hydrogen-bond donors (Lipinski definition) is 2. The molecule has 1 aliphatic rings. The van der Waals surface area contributed by atoms with Gasteiger partial charge in [0, 0.05) is 32.2 Å². The van der Waals surface area contributed by atoms with Crippen molar-refractivity contribution in [3.8, 4) is 0 Å². The predicted molar refractivity (Wildman–Crippen MR) is 104 cm³/mol. The first-order chi connectivity index (χ1) is 12.2. The fourth-order valence-electron chi connectivity index (χ4n) is 2.93. The minimum absolute atomic E-state index is 0.0748. The second-order valence-electron chi connectivity index (χ2n) is 6.11. The van der Waals surface area contributed by atoms with E-state index in [9.17, 15) is 8.78 Å². The number of para-hydroxylation sites is 1. The minimum atomic E-state index is -0.505. The largest absolute Gasteiger partial charge is 0.365 e. The van der Waals surface area contributed by atoms with Gasteiger partial charge in [-0.05, 0) is 50.3 Å². The summed E-state index contributed by atoms with van der Waals surface area (Å²) in [7, 11) is 0. The fourth-order valence-corrected chi connectivity index (χ4v) is 3.43. The van der Waals surface area contributed by atoms with Gasteiger partial charge in [-0.1, -0.05) is 6.07 Å². The van der Waals surface area contributed by atoms with Crippen LogP contribution in [0.5, 0.6) is 0 Å². The number of halogens is 2. The molecule has 2 N–H and O–H groups in total. The van der Waals surface area contributed by atoms with Crippen LogP contribution in [-0.2, 0) is 0 Å². The molecule has 2 rings (SSSR count). The van der Waals surface area contributed by atoms with Gasteiger partial charge in [-0.15, -0.1) is 0 Å². The van der Waals surface area contributed by atoms with Crippen molar-refractivity contribution >= 4 is 23.4 Å². The third-order valence-electron chi connectivity index (χ3n) is 4.15. The SMILES string of the molecule is CCNC(=NCCCCSC)NC1CCN(c2c(F)cccc2F)C1. The first kappa shape index (κ1) is 19.8. The number of anilines is 1. The van der Waals surface area contributed by atoms with Crippen molar-refractivity contribution in [1.29, 1.82) is 0 Å².